The highest BCUT2D eigenvalue weighted by atomic mass is 16.1. The molecule has 0 saturated carbocycles. The van der Waals surface area contributed by atoms with E-state index in [1.165, 1.54) is 0 Å². The fraction of sp³-hybridized carbons (Fsp3) is 0.238. The lowest BCUT2D eigenvalue weighted by Crippen LogP contribution is -2.41. The van der Waals surface area contributed by atoms with Crippen molar-refractivity contribution in [2.75, 3.05) is 23.3 Å². The van der Waals surface area contributed by atoms with E-state index in [4.69, 9.17) is 0 Å². The summed E-state index contributed by atoms with van der Waals surface area (Å²) in [5, 5.41) is 8.30. The number of aromatic amines is 1. The molecule has 4 heterocycles. The third-order valence-corrected chi connectivity index (χ3v) is 5.31. The summed E-state index contributed by atoms with van der Waals surface area (Å²) >= 11 is 0. The largest absolute Gasteiger partial charge is 0.355 e. The Labute approximate surface area is 167 Å². The minimum absolute atomic E-state index is 0.0340. The second-order valence-electron chi connectivity index (χ2n) is 7.21. The number of rotatable bonds is 4. The van der Waals surface area contributed by atoms with Gasteiger partial charge in [-0.25, -0.2) is 14.6 Å². The number of piperidine rings is 1. The van der Waals surface area contributed by atoms with Gasteiger partial charge < -0.3 is 15.2 Å². The summed E-state index contributed by atoms with van der Waals surface area (Å²) in [6.07, 6.45) is 8.85. The molecule has 4 aromatic rings. The van der Waals surface area contributed by atoms with E-state index in [0.717, 1.165) is 47.6 Å². The van der Waals surface area contributed by atoms with Crippen LogP contribution in [0.5, 0.6) is 0 Å². The summed E-state index contributed by atoms with van der Waals surface area (Å²) in [5.74, 6) is 0.821. The standard InChI is InChI=1S/C21H21N7O/c29-21(26-16-5-1-6-17(12-16)28-11-3-8-25-28)15-4-2-10-27(13-15)20-18-7-9-22-19(18)23-14-24-20/h1,3,5-9,11-12,14-15H,2,4,10,13H2,(H,26,29)(H,22,23,24). The Morgan fingerprint density at radius 1 is 1.21 bits per heavy atom. The van der Waals surface area contributed by atoms with Crippen LogP contribution < -0.4 is 10.2 Å². The zero-order valence-electron chi connectivity index (χ0n) is 15.8. The number of carbonyl (C=O) groups excluding carboxylic acids is 1. The van der Waals surface area contributed by atoms with Gasteiger partial charge in [0.05, 0.1) is 17.0 Å². The van der Waals surface area contributed by atoms with Gasteiger partial charge in [-0.2, -0.15) is 5.10 Å². The lowest BCUT2D eigenvalue weighted by Gasteiger charge is -2.33. The molecule has 0 bridgehead atoms. The maximum atomic E-state index is 13.0. The van der Waals surface area contributed by atoms with E-state index in [-0.39, 0.29) is 11.8 Å². The van der Waals surface area contributed by atoms with Crippen molar-refractivity contribution >= 4 is 28.4 Å². The van der Waals surface area contributed by atoms with E-state index < -0.39 is 0 Å². The molecule has 1 amide bonds. The van der Waals surface area contributed by atoms with Gasteiger partial charge in [0.15, 0.2) is 0 Å². The van der Waals surface area contributed by atoms with Crippen molar-refractivity contribution in [3.63, 3.8) is 0 Å². The molecule has 8 nitrogen and oxygen atoms in total. The topological polar surface area (TPSA) is 91.7 Å². The van der Waals surface area contributed by atoms with Crippen molar-refractivity contribution in [1.29, 1.82) is 0 Å². The summed E-state index contributed by atoms with van der Waals surface area (Å²) in [7, 11) is 0. The molecule has 1 aromatic carbocycles. The van der Waals surface area contributed by atoms with Crippen LogP contribution in [0, 0.1) is 5.92 Å². The van der Waals surface area contributed by atoms with Crippen LogP contribution in [-0.2, 0) is 4.79 Å². The molecule has 29 heavy (non-hydrogen) atoms. The Balaban J connectivity index is 1.32. The highest BCUT2D eigenvalue weighted by molar-refractivity contribution is 5.94. The maximum Gasteiger partial charge on any atom is 0.229 e. The van der Waals surface area contributed by atoms with Crippen LogP contribution in [0.3, 0.4) is 0 Å². The monoisotopic (exact) mass is 387 g/mol. The number of benzene rings is 1. The zero-order valence-corrected chi connectivity index (χ0v) is 15.8. The van der Waals surface area contributed by atoms with Gasteiger partial charge in [0, 0.05) is 37.4 Å². The van der Waals surface area contributed by atoms with Gasteiger partial charge in [-0.1, -0.05) is 6.07 Å². The lowest BCUT2D eigenvalue weighted by molar-refractivity contribution is -0.120. The Kier molecular flexibility index (Phi) is 4.44. The van der Waals surface area contributed by atoms with Crippen LogP contribution in [0.25, 0.3) is 16.7 Å². The molecule has 146 valence electrons. The quantitative estimate of drug-likeness (QED) is 0.562. The molecule has 1 aliphatic rings. The normalized spacial score (nSPS) is 16.8. The highest BCUT2D eigenvalue weighted by Gasteiger charge is 2.27. The van der Waals surface area contributed by atoms with Crippen LogP contribution in [0.1, 0.15) is 12.8 Å². The first-order valence-electron chi connectivity index (χ1n) is 9.72. The van der Waals surface area contributed by atoms with Crippen molar-refractivity contribution in [2.45, 2.75) is 12.8 Å². The first kappa shape index (κ1) is 17.4. The number of H-pyrrole nitrogens is 1. The summed E-state index contributed by atoms with van der Waals surface area (Å²) < 4.78 is 1.77. The predicted octanol–water partition coefficient (Wildman–Crippen LogP) is 3.00. The molecular weight excluding hydrogens is 366 g/mol. The van der Waals surface area contributed by atoms with Gasteiger partial charge in [-0.3, -0.25) is 4.79 Å². The molecule has 1 unspecified atom stereocenters. The van der Waals surface area contributed by atoms with Gasteiger partial charge in [-0.15, -0.1) is 0 Å². The third kappa shape index (κ3) is 3.44. The second-order valence-corrected chi connectivity index (χ2v) is 7.21. The van der Waals surface area contributed by atoms with Crippen molar-refractivity contribution in [3.05, 3.63) is 61.3 Å². The van der Waals surface area contributed by atoms with Gasteiger partial charge in [-0.05, 0) is 43.2 Å². The molecule has 0 aliphatic carbocycles. The lowest BCUT2D eigenvalue weighted by atomic mass is 9.97. The van der Waals surface area contributed by atoms with E-state index in [2.05, 4.69) is 30.3 Å². The number of carbonyl (C=O) groups is 1. The number of nitrogens with one attached hydrogen (secondary N) is 2. The summed E-state index contributed by atoms with van der Waals surface area (Å²) in [5.41, 5.74) is 2.50. The molecular formula is C21H21N7O. The third-order valence-electron chi connectivity index (χ3n) is 5.31. The maximum absolute atomic E-state index is 13.0. The van der Waals surface area contributed by atoms with Gasteiger partial charge in [0.25, 0.3) is 0 Å². The van der Waals surface area contributed by atoms with Gasteiger partial charge in [0.2, 0.25) is 5.91 Å². The Hall–Kier alpha value is -3.68. The number of aromatic nitrogens is 5. The number of nitrogens with zero attached hydrogens (tertiary/aromatic N) is 5. The summed E-state index contributed by atoms with van der Waals surface area (Å²) in [6, 6.07) is 11.6. The van der Waals surface area contributed by atoms with E-state index in [1.807, 2.05) is 48.8 Å². The van der Waals surface area contributed by atoms with Crippen LogP contribution in [0.15, 0.2) is 61.3 Å². The minimum Gasteiger partial charge on any atom is -0.355 e. The molecule has 0 spiro atoms. The molecule has 1 fully saturated rings. The van der Waals surface area contributed by atoms with E-state index in [0.29, 0.717) is 6.54 Å². The molecule has 1 aliphatic heterocycles. The fourth-order valence-corrected chi connectivity index (χ4v) is 3.89. The van der Waals surface area contributed by atoms with Crippen molar-refractivity contribution < 1.29 is 4.79 Å². The second kappa shape index (κ2) is 7.38. The van der Waals surface area contributed by atoms with Crippen molar-refractivity contribution in [1.82, 2.24) is 24.7 Å². The molecule has 8 heteroatoms. The molecule has 5 rings (SSSR count). The van der Waals surface area contributed by atoms with Crippen LogP contribution in [0.4, 0.5) is 11.5 Å². The Morgan fingerprint density at radius 2 is 2.17 bits per heavy atom. The predicted molar refractivity (Wildman–Crippen MR) is 111 cm³/mol. The van der Waals surface area contributed by atoms with Crippen LogP contribution in [0.2, 0.25) is 0 Å². The van der Waals surface area contributed by atoms with Crippen molar-refractivity contribution in [2.24, 2.45) is 5.92 Å². The smallest absolute Gasteiger partial charge is 0.229 e. The minimum atomic E-state index is -0.0962. The molecule has 3 aromatic heterocycles. The number of fused-ring (bicyclic) bond motifs is 1. The van der Waals surface area contributed by atoms with Crippen molar-refractivity contribution in [3.8, 4) is 5.69 Å². The molecule has 1 saturated heterocycles. The van der Waals surface area contributed by atoms with Gasteiger partial charge >= 0.3 is 0 Å². The number of hydrogen-bond donors (Lipinski definition) is 2. The average Bonchev–Trinajstić information content (AvgIpc) is 3.46. The number of hydrogen-bond acceptors (Lipinski definition) is 5. The fourth-order valence-electron chi connectivity index (χ4n) is 3.89. The number of anilines is 2. The van der Waals surface area contributed by atoms with E-state index in [1.54, 1.807) is 17.2 Å². The molecule has 0 radical (unpaired) electrons. The average molecular weight is 387 g/mol. The Bertz CT molecular complexity index is 1130. The van der Waals surface area contributed by atoms with Crippen LogP contribution in [-0.4, -0.2) is 43.7 Å². The zero-order chi connectivity index (χ0) is 19.6. The van der Waals surface area contributed by atoms with Crippen LogP contribution >= 0.6 is 0 Å². The molecule has 2 N–H and O–H groups in total. The highest BCUT2D eigenvalue weighted by Crippen LogP contribution is 2.27. The number of amides is 1. The summed E-state index contributed by atoms with van der Waals surface area (Å²) in [6.45, 7) is 1.53. The van der Waals surface area contributed by atoms with E-state index in [9.17, 15) is 4.79 Å². The Morgan fingerprint density at radius 3 is 3.07 bits per heavy atom. The first-order chi connectivity index (χ1) is 14.3. The summed E-state index contributed by atoms with van der Waals surface area (Å²) in [4.78, 5) is 27.0. The molecule has 1 atom stereocenters. The van der Waals surface area contributed by atoms with Gasteiger partial charge in [0.1, 0.15) is 17.8 Å². The van der Waals surface area contributed by atoms with E-state index >= 15 is 0 Å². The first-order valence-corrected chi connectivity index (χ1v) is 9.72. The SMILES string of the molecule is O=C(Nc1cccc(-n2cccn2)c1)C1CCCN(c2ncnc3[nH]ccc23)C1.